The van der Waals surface area contributed by atoms with E-state index in [0.717, 1.165) is 34.9 Å². The third-order valence-electron chi connectivity index (χ3n) is 6.64. The Bertz CT molecular complexity index is 760. The minimum absolute atomic E-state index is 0.711. The molecule has 0 saturated carbocycles. The number of likely N-dealkylation sites (tertiary alicyclic amines) is 1. The SMILES string of the molecule is Cc1nc2ccccc2nc1CN1CCC([C@H](C)N2CCN(C)CC2)CC1. The molecule has 2 aliphatic heterocycles. The Labute approximate surface area is 163 Å². The van der Waals surface area contributed by atoms with Crippen molar-refractivity contribution in [2.24, 2.45) is 5.92 Å². The Kier molecular flexibility index (Phi) is 5.71. The van der Waals surface area contributed by atoms with Gasteiger partial charge in [0, 0.05) is 38.8 Å². The van der Waals surface area contributed by atoms with Gasteiger partial charge in [-0.3, -0.25) is 9.80 Å². The average Bonchev–Trinajstić information content (AvgIpc) is 2.69. The van der Waals surface area contributed by atoms with E-state index in [2.05, 4.69) is 41.7 Å². The van der Waals surface area contributed by atoms with Gasteiger partial charge in [0.2, 0.25) is 0 Å². The molecule has 0 bridgehead atoms. The lowest BCUT2D eigenvalue weighted by Gasteiger charge is -2.42. The lowest BCUT2D eigenvalue weighted by atomic mass is 9.89. The van der Waals surface area contributed by atoms with Crippen LogP contribution in [-0.2, 0) is 6.54 Å². The number of hydrogen-bond acceptors (Lipinski definition) is 5. The quantitative estimate of drug-likeness (QED) is 0.830. The van der Waals surface area contributed by atoms with Crippen LogP contribution in [0, 0.1) is 12.8 Å². The predicted molar refractivity (Wildman–Crippen MR) is 111 cm³/mol. The molecule has 27 heavy (non-hydrogen) atoms. The summed E-state index contributed by atoms with van der Waals surface area (Å²) < 4.78 is 0. The predicted octanol–water partition coefficient (Wildman–Crippen LogP) is 2.79. The zero-order valence-electron chi connectivity index (χ0n) is 17.1. The van der Waals surface area contributed by atoms with Gasteiger partial charge in [-0.25, -0.2) is 9.97 Å². The summed E-state index contributed by atoms with van der Waals surface area (Å²) in [5.74, 6) is 0.827. The van der Waals surface area contributed by atoms with Crippen molar-refractivity contribution in [3.8, 4) is 0 Å². The molecule has 2 saturated heterocycles. The number of likely N-dealkylation sites (N-methyl/N-ethyl adjacent to an activating group) is 1. The van der Waals surface area contributed by atoms with Crippen LogP contribution in [0.25, 0.3) is 11.0 Å². The molecule has 0 N–H and O–H groups in total. The number of hydrogen-bond donors (Lipinski definition) is 0. The highest BCUT2D eigenvalue weighted by molar-refractivity contribution is 5.74. The minimum Gasteiger partial charge on any atom is -0.304 e. The van der Waals surface area contributed by atoms with E-state index in [1.54, 1.807) is 0 Å². The number of fused-ring (bicyclic) bond motifs is 1. The monoisotopic (exact) mass is 367 g/mol. The molecule has 146 valence electrons. The highest BCUT2D eigenvalue weighted by Crippen LogP contribution is 2.26. The zero-order valence-corrected chi connectivity index (χ0v) is 17.1. The van der Waals surface area contributed by atoms with E-state index in [4.69, 9.17) is 9.97 Å². The first-order valence-electron chi connectivity index (χ1n) is 10.5. The summed E-state index contributed by atoms with van der Waals surface area (Å²) in [5.41, 5.74) is 4.22. The van der Waals surface area contributed by atoms with Crippen molar-refractivity contribution in [2.75, 3.05) is 46.3 Å². The van der Waals surface area contributed by atoms with E-state index in [0.29, 0.717) is 6.04 Å². The second-order valence-electron chi connectivity index (χ2n) is 8.44. The Balaban J connectivity index is 1.34. The van der Waals surface area contributed by atoms with Crippen molar-refractivity contribution in [1.29, 1.82) is 0 Å². The van der Waals surface area contributed by atoms with Crippen LogP contribution >= 0.6 is 0 Å². The van der Waals surface area contributed by atoms with E-state index >= 15 is 0 Å². The molecule has 1 aromatic heterocycles. The van der Waals surface area contributed by atoms with Gasteiger partial charge in [-0.15, -0.1) is 0 Å². The molecule has 0 unspecified atom stereocenters. The maximum absolute atomic E-state index is 4.89. The van der Waals surface area contributed by atoms with E-state index in [-0.39, 0.29) is 0 Å². The van der Waals surface area contributed by atoms with Crippen LogP contribution in [0.2, 0.25) is 0 Å². The lowest BCUT2D eigenvalue weighted by Crippen LogP contribution is -2.51. The highest BCUT2D eigenvalue weighted by Gasteiger charge is 2.29. The Hall–Kier alpha value is -1.56. The number of aryl methyl sites for hydroxylation is 1. The molecule has 1 atom stereocenters. The first-order valence-corrected chi connectivity index (χ1v) is 10.5. The van der Waals surface area contributed by atoms with Gasteiger partial charge in [0.25, 0.3) is 0 Å². The molecule has 5 nitrogen and oxygen atoms in total. The minimum atomic E-state index is 0.711. The Morgan fingerprint density at radius 3 is 2.26 bits per heavy atom. The van der Waals surface area contributed by atoms with Gasteiger partial charge < -0.3 is 4.90 Å². The van der Waals surface area contributed by atoms with Crippen LogP contribution in [0.5, 0.6) is 0 Å². The van der Waals surface area contributed by atoms with Crippen LogP contribution in [0.1, 0.15) is 31.2 Å². The number of nitrogens with zero attached hydrogens (tertiary/aromatic N) is 5. The van der Waals surface area contributed by atoms with Gasteiger partial charge in [0.05, 0.1) is 22.4 Å². The van der Waals surface area contributed by atoms with Crippen LogP contribution in [0.15, 0.2) is 24.3 Å². The molecule has 0 spiro atoms. The lowest BCUT2D eigenvalue weighted by molar-refractivity contribution is 0.0595. The average molecular weight is 368 g/mol. The molecule has 1 aromatic carbocycles. The van der Waals surface area contributed by atoms with Crippen molar-refractivity contribution in [1.82, 2.24) is 24.7 Å². The Morgan fingerprint density at radius 1 is 0.963 bits per heavy atom. The molecule has 5 heteroatoms. The van der Waals surface area contributed by atoms with Gasteiger partial charge in [0.15, 0.2) is 0 Å². The molecule has 3 heterocycles. The van der Waals surface area contributed by atoms with Crippen LogP contribution in [0.3, 0.4) is 0 Å². The van der Waals surface area contributed by atoms with Crippen molar-refractivity contribution >= 4 is 11.0 Å². The third kappa shape index (κ3) is 4.31. The van der Waals surface area contributed by atoms with Crippen LogP contribution in [0.4, 0.5) is 0 Å². The number of piperazine rings is 1. The number of rotatable bonds is 4. The summed E-state index contributed by atoms with van der Waals surface area (Å²) in [7, 11) is 2.23. The number of piperidine rings is 1. The molecule has 2 aromatic rings. The number of para-hydroxylation sites is 2. The fourth-order valence-electron chi connectivity index (χ4n) is 4.61. The fraction of sp³-hybridized carbons (Fsp3) is 0.636. The van der Waals surface area contributed by atoms with Gasteiger partial charge in [-0.2, -0.15) is 0 Å². The van der Waals surface area contributed by atoms with E-state index in [9.17, 15) is 0 Å². The molecule has 0 radical (unpaired) electrons. The smallest absolute Gasteiger partial charge is 0.0890 e. The molecule has 2 aliphatic rings. The largest absolute Gasteiger partial charge is 0.304 e. The first-order chi connectivity index (χ1) is 13.1. The van der Waals surface area contributed by atoms with Crippen molar-refractivity contribution in [3.05, 3.63) is 35.7 Å². The number of benzene rings is 1. The summed E-state index contributed by atoms with van der Waals surface area (Å²) in [5, 5.41) is 0. The fourth-order valence-corrected chi connectivity index (χ4v) is 4.61. The second-order valence-corrected chi connectivity index (χ2v) is 8.44. The first kappa shape index (κ1) is 18.8. The normalized spacial score (nSPS) is 22.3. The van der Waals surface area contributed by atoms with Gasteiger partial charge in [-0.05, 0) is 64.9 Å². The van der Waals surface area contributed by atoms with Gasteiger partial charge in [-0.1, -0.05) is 12.1 Å². The summed E-state index contributed by atoms with van der Waals surface area (Å²) in [6, 6.07) is 8.90. The molecule has 4 rings (SSSR count). The summed E-state index contributed by atoms with van der Waals surface area (Å²) in [4.78, 5) is 17.4. The molecule has 0 amide bonds. The maximum Gasteiger partial charge on any atom is 0.0890 e. The third-order valence-corrected chi connectivity index (χ3v) is 6.64. The molecular weight excluding hydrogens is 334 g/mol. The van der Waals surface area contributed by atoms with E-state index < -0.39 is 0 Å². The van der Waals surface area contributed by atoms with Crippen LogP contribution < -0.4 is 0 Å². The topological polar surface area (TPSA) is 35.5 Å². The van der Waals surface area contributed by atoms with Crippen molar-refractivity contribution < 1.29 is 0 Å². The number of aromatic nitrogens is 2. The zero-order chi connectivity index (χ0) is 18.8. The van der Waals surface area contributed by atoms with E-state index in [1.165, 1.54) is 52.1 Å². The summed E-state index contributed by atoms with van der Waals surface area (Å²) >= 11 is 0. The summed E-state index contributed by atoms with van der Waals surface area (Å²) in [6.07, 6.45) is 2.60. The molecule has 0 aliphatic carbocycles. The second kappa shape index (κ2) is 8.21. The van der Waals surface area contributed by atoms with Crippen molar-refractivity contribution in [2.45, 2.75) is 39.3 Å². The highest BCUT2D eigenvalue weighted by atomic mass is 15.3. The summed E-state index contributed by atoms with van der Waals surface area (Å²) in [6.45, 7) is 12.7. The Morgan fingerprint density at radius 2 is 1.59 bits per heavy atom. The van der Waals surface area contributed by atoms with E-state index in [1.807, 2.05) is 18.2 Å². The maximum atomic E-state index is 4.89. The standard InChI is InChI=1S/C22H33N5/c1-17-22(24-21-7-5-4-6-20(21)23-17)16-26-10-8-19(9-11-26)18(2)27-14-12-25(3)13-15-27/h4-7,18-19H,8-16H2,1-3H3/t18-/m0/s1. The van der Waals surface area contributed by atoms with Crippen molar-refractivity contribution in [3.63, 3.8) is 0 Å². The molecular formula is C22H33N5. The van der Waals surface area contributed by atoms with Gasteiger partial charge in [0.1, 0.15) is 0 Å². The van der Waals surface area contributed by atoms with Crippen LogP contribution in [-0.4, -0.2) is 77.0 Å². The van der Waals surface area contributed by atoms with Gasteiger partial charge >= 0.3 is 0 Å². The molecule has 2 fully saturated rings.